The summed E-state index contributed by atoms with van der Waals surface area (Å²) in [4.78, 5) is 29.1. The number of hydrogen-bond donors (Lipinski definition) is 1. The zero-order valence-corrected chi connectivity index (χ0v) is 26.1. The molecule has 0 fully saturated rings. The van der Waals surface area contributed by atoms with Crippen LogP contribution in [0.2, 0.25) is 10.0 Å². The number of hydrogen-bond acceptors (Lipinski definition) is 4. The standard InChI is InChI=1S/C30H35Cl2FN4O4S/c1-4-5-17-34-30(39)28(19-22-11-7-6-8-12-22)36(20-23-15-16-24(31)25(32)18-23)29(38)21-37(42(40,41)35(2)3)27-14-10-9-13-26(27)33/h6-16,18,28H,4-5,17,19-21H2,1-3H3,(H,34,39)/t28-/m1/s1. The van der Waals surface area contributed by atoms with Gasteiger partial charge in [0.15, 0.2) is 0 Å². The highest BCUT2D eigenvalue weighted by Gasteiger charge is 2.35. The van der Waals surface area contributed by atoms with E-state index in [0.717, 1.165) is 28.8 Å². The molecule has 0 radical (unpaired) electrons. The Morgan fingerprint density at radius 3 is 2.21 bits per heavy atom. The highest BCUT2D eigenvalue weighted by atomic mass is 35.5. The Hall–Kier alpha value is -3.18. The Morgan fingerprint density at radius 1 is 0.929 bits per heavy atom. The number of carbonyl (C=O) groups excluding carboxylic acids is 2. The number of benzene rings is 3. The number of halogens is 3. The molecular formula is C30H35Cl2FN4O4S. The molecule has 8 nitrogen and oxygen atoms in total. The van der Waals surface area contributed by atoms with Crippen molar-refractivity contribution in [1.82, 2.24) is 14.5 Å². The van der Waals surface area contributed by atoms with Crippen molar-refractivity contribution in [3.8, 4) is 0 Å². The fraction of sp³-hybridized carbons (Fsp3) is 0.333. The topological polar surface area (TPSA) is 90.0 Å². The smallest absolute Gasteiger partial charge is 0.304 e. The Balaban J connectivity index is 2.10. The molecule has 1 N–H and O–H groups in total. The summed E-state index contributed by atoms with van der Waals surface area (Å²) in [5, 5.41) is 3.49. The van der Waals surface area contributed by atoms with Crippen LogP contribution in [-0.2, 0) is 32.8 Å². The molecule has 226 valence electrons. The fourth-order valence-electron chi connectivity index (χ4n) is 4.25. The van der Waals surface area contributed by atoms with Crippen molar-refractivity contribution in [3.63, 3.8) is 0 Å². The highest BCUT2D eigenvalue weighted by molar-refractivity contribution is 7.90. The number of carbonyl (C=O) groups is 2. The van der Waals surface area contributed by atoms with Crippen LogP contribution >= 0.6 is 23.2 Å². The van der Waals surface area contributed by atoms with Crippen molar-refractivity contribution in [2.24, 2.45) is 0 Å². The predicted octanol–water partition coefficient (Wildman–Crippen LogP) is 5.30. The lowest BCUT2D eigenvalue weighted by Crippen LogP contribution is -2.54. The number of rotatable bonds is 14. The maximum absolute atomic E-state index is 14.9. The molecule has 3 rings (SSSR count). The third-order valence-electron chi connectivity index (χ3n) is 6.58. The molecule has 12 heteroatoms. The fourth-order valence-corrected chi connectivity index (χ4v) is 5.64. The molecule has 0 aliphatic heterocycles. The van der Waals surface area contributed by atoms with Crippen LogP contribution in [0, 0.1) is 5.82 Å². The van der Waals surface area contributed by atoms with Gasteiger partial charge in [-0.15, -0.1) is 0 Å². The molecule has 0 unspecified atom stereocenters. The van der Waals surface area contributed by atoms with E-state index in [1.54, 1.807) is 18.2 Å². The summed E-state index contributed by atoms with van der Waals surface area (Å²) in [6.07, 6.45) is 1.76. The van der Waals surface area contributed by atoms with Gasteiger partial charge in [0.1, 0.15) is 18.4 Å². The molecule has 0 saturated heterocycles. The Labute approximate surface area is 257 Å². The largest absolute Gasteiger partial charge is 0.354 e. The molecule has 0 bridgehead atoms. The lowest BCUT2D eigenvalue weighted by atomic mass is 10.0. The summed E-state index contributed by atoms with van der Waals surface area (Å²) >= 11 is 12.4. The molecule has 2 amide bonds. The van der Waals surface area contributed by atoms with Crippen LogP contribution < -0.4 is 9.62 Å². The highest BCUT2D eigenvalue weighted by Crippen LogP contribution is 2.26. The second kappa shape index (κ2) is 15.3. The predicted molar refractivity (Wildman–Crippen MR) is 165 cm³/mol. The molecule has 3 aromatic carbocycles. The number of nitrogens with zero attached hydrogens (tertiary/aromatic N) is 3. The van der Waals surface area contributed by atoms with Gasteiger partial charge in [0.25, 0.3) is 0 Å². The number of nitrogens with one attached hydrogen (secondary N) is 1. The average molecular weight is 638 g/mol. The van der Waals surface area contributed by atoms with Gasteiger partial charge in [-0.05, 0) is 41.8 Å². The van der Waals surface area contributed by atoms with Crippen molar-refractivity contribution in [2.45, 2.75) is 38.8 Å². The van der Waals surface area contributed by atoms with Crippen molar-refractivity contribution in [3.05, 3.63) is 99.8 Å². The monoisotopic (exact) mass is 636 g/mol. The minimum Gasteiger partial charge on any atom is -0.354 e. The molecule has 0 saturated carbocycles. The third-order valence-corrected chi connectivity index (χ3v) is 9.12. The van der Waals surface area contributed by atoms with E-state index in [1.165, 1.54) is 37.2 Å². The minimum absolute atomic E-state index is 0.0818. The number of amides is 2. The lowest BCUT2D eigenvalue weighted by Gasteiger charge is -2.34. The first-order valence-electron chi connectivity index (χ1n) is 13.5. The van der Waals surface area contributed by atoms with Crippen LogP contribution in [0.3, 0.4) is 0 Å². The van der Waals surface area contributed by atoms with E-state index in [0.29, 0.717) is 21.4 Å². The summed E-state index contributed by atoms with van der Waals surface area (Å²) in [6, 6.07) is 18.3. The summed E-state index contributed by atoms with van der Waals surface area (Å²) in [5.41, 5.74) is 1.08. The van der Waals surface area contributed by atoms with Gasteiger partial charge in [-0.2, -0.15) is 12.7 Å². The number of para-hydroxylation sites is 1. The van der Waals surface area contributed by atoms with Gasteiger partial charge >= 0.3 is 10.2 Å². The minimum atomic E-state index is -4.31. The van der Waals surface area contributed by atoms with Crippen molar-refractivity contribution in [1.29, 1.82) is 0 Å². The van der Waals surface area contributed by atoms with Gasteiger partial charge < -0.3 is 10.2 Å². The van der Waals surface area contributed by atoms with Crippen LogP contribution in [0.1, 0.15) is 30.9 Å². The van der Waals surface area contributed by atoms with Crippen LogP contribution in [0.4, 0.5) is 10.1 Å². The zero-order valence-electron chi connectivity index (χ0n) is 23.8. The SMILES string of the molecule is CCCCNC(=O)[C@@H](Cc1ccccc1)N(Cc1ccc(Cl)c(Cl)c1)C(=O)CN(c1ccccc1F)S(=O)(=O)N(C)C. The van der Waals surface area contributed by atoms with Crippen LogP contribution in [0.15, 0.2) is 72.8 Å². The summed E-state index contributed by atoms with van der Waals surface area (Å²) < 4.78 is 43.2. The van der Waals surface area contributed by atoms with Gasteiger partial charge in [0.2, 0.25) is 11.8 Å². The van der Waals surface area contributed by atoms with Crippen LogP contribution in [0.5, 0.6) is 0 Å². The average Bonchev–Trinajstić information content (AvgIpc) is 2.96. The summed E-state index contributed by atoms with van der Waals surface area (Å²) in [6.45, 7) is 1.57. The summed E-state index contributed by atoms with van der Waals surface area (Å²) in [5.74, 6) is -1.92. The summed E-state index contributed by atoms with van der Waals surface area (Å²) in [7, 11) is -1.73. The molecule has 3 aromatic rings. The van der Waals surface area contributed by atoms with E-state index in [2.05, 4.69) is 5.32 Å². The van der Waals surface area contributed by atoms with Gasteiger partial charge in [-0.1, -0.05) is 85.1 Å². The van der Waals surface area contributed by atoms with E-state index in [4.69, 9.17) is 23.2 Å². The van der Waals surface area contributed by atoms with E-state index in [9.17, 15) is 22.4 Å². The van der Waals surface area contributed by atoms with E-state index < -0.39 is 40.4 Å². The van der Waals surface area contributed by atoms with E-state index in [-0.39, 0.29) is 23.7 Å². The van der Waals surface area contributed by atoms with Gasteiger partial charge in [-0.3, -0.25) is 9.59 Å². The first-order chi connectivity index (χ1) is 19.9. The normalized spacial score (nSPS) is 12.2. The zero-order chi connectivity index (χ0) is 30.9. The second-order valence-corrected chi connectivity index (χ2v) is 12.7. The maximum atomic E-state index is 14.9. The molecule has 0 aromatic heterocycles. The van der Waals surface area contributed by atoms with Crippen molar-refractivity contribution >= 4 is 50.9 Å². The van der Waals surface area contributed by atoms with E-state index >= 15 is 0 Å². The molecule has 0 aliphatic carbocycles. The molecule has 42 heavy (non-hydrogen) atoms. The Morgan fingerprint density at radius 2 is 1.60 bits per heavy atom. The van der Waals surface area contributed by atoms with Gasteiger partial charge in [-0.25, -0.2) is 8.70 Å². The molecule has 0 heterocycles. The van der Waals surface area contributed by atoms with Gasteiger partial charge in [0, 0.05) is 33.6 Å². The van der Waals surface area contributed by atoms with Gasteiger partial charge in [0.05, 0.1) is 15.7 Å². The quantitative estimate of drug-likeness (QED) is 0.243. The van der Waals surface area contributed by atoms with Crippen molar-refractivity contribution < 1.29 is 22.4 Å². The third kappa shape index (κ3) is 8.67. The Bertz CT molecular complexity index is 1480. The maximum Gasteiger partial charge on any atom is 0.304 e. The Kier molecular flexibility index (Phi) is 12.2. The van der Waals surface area contributed by atoms with Crippen LogP contribution in [-0.4, -0.2) is 62.7 Å². The molecule has 0 aliphatic rings. The molecule has 0 spiro atoms. The molecule has 1 atom stereocenters. The van der Waals surface area contributed by atoms with Crippen molar-refractivity contribution in [2.75, 3.05) is 31.5 Å². The first-order valence-corrected chi connectivity index (χ1v) is 15.6. The van der Waals surface area contributed by atoms with E-state index in [1.807, 2.05) is 37.3 Å². The number of anilines is 1. The first kappa shape index (κ1) is 33.3. The number of unbranched alkanes of at least 4 members (excludes halogenated alkanes) is 1. The second-order valence-electron chi connectivity index (χ2n) is 9.87. The van der Waals surface area contributed by atoms with Crippen LogP contribution in [0.25, 0.3) is 0 Å². The lowest BCUT2D eigenvalue weighted by molar-refractivity contribution is -0.140. The molecular weight excluding hydrogens is 602 g/mol.